The lowest BCUT2D eigenvalue weighted by atomic mass is 10.1. The average Bonchev–Trinajstić information content (AvgIpc) is 1.94. The molecule has 66 valence electrons. The third-order valence-electron chi connectivity index (χ3n) is 1.45. The molecule has 0 aromatic heterocycles. The van der Waals surface area contributed by atoms with Crippen LogP contribution in [0, 0.1) is 0 Å². The van der Waals surface area contributed by atoms with Gasteiger partial charge < -0.3 is 5.11 Å². The van der Waals surface area contributed by atoms with Gasteiger partial charge in [-0.25, -0.2) is 4.79 Å². The first kappa shape index (κ1) is 11.2. The van der Waals surface area contributed by atoms with Crippen LogP contribution in [-0.4, -0.2) is 16.4 Å². The van der Waals surface area contributed by atoms with E-state index in [1.807, 2.05) is 6.08 Å². The van der Waals surface area contributed by atoms with Crippen molar-refractivity contribution in [1.82, 2.24) is 0 Å². The van der Waals surface area contributed by atoms with E-state index in [1.165, 1.54) is 0 Å². The van der Waals surface area contributed by atoms with Crippen molar-refractivity contribution in [3.05, 3.63) is 23.8 Å². The fourth-order valence-electron chi connectivity index (χ4n) is 0.836. The summed E-state index contributed by atoms with van der Waals surface area (Å²) in [5.74, 6) is -0.823. The summed E-state index contributed by atoms with van der Waals surface area (Å²) in [5.41, 5.74) is 0.474. The van der Waals surface area contributed by atoms with Gasteiger partial charge in [0.05, 0.1) is 9.50 Å². The molecule has 0 fully saturated rings. The Hall–Kier alpha value is 1.14. The van der Waals surface area contributed by atoms with E-state index >= 15 is 0 Å². The van der Waals surface area contributed by atoms with Crippen molar-refractivity contribution in [2.75, 3.05) is 0 Å². The number of halogens is 3. The Morgan fingerprint density at radius 2 is 2.17 bits per heavy atom. The number of carbonyl (C=O) groups is 1. The van der Waals surface area contributed by atoms with E-state index in [0.717, 1.165) is 0 Å². The molecule has 0 bridgehead atoms. The summed E-state index contributed by atoms with van der Waals surface area (Å²) in [4.78, 5) is 10.7. The van der Waals surface area contributed by atoms with Crippen molar-refractivity contribution in [1.29, 1.82) is 0 Å². The first-order valence-corrected chi connectivity index (χ1v) is 6.50. The number of allylic oxidation sites excluding steroid dienone is 3. The van der Waals surface area contributed by atoms with Crippen LogP contribution in [0.4, 0.5) is 0 Å². The first-order chi connectivity index (χ1) is 5.45. The lowest BCUT2D eigenvalue weighted by molar-refractivity contribution is -0.132. The molecule has 1 rings (SSSR count). The third kappa shape index (κ3) is 2.34. The van der Waals surface area contributed by atoms with Crippen LogP contribution in [0.1, 0.15) is 0 Å². The Labute approximate surface area is 111 Å². The number of alkyl halides is 3. The molecule has 0 heterocycles. The highest BCUT2D eigenvalue weighted by molar-refractivity contribution is 14.2. The van der Waals surface area contributed by atoms with Crippen molar-refractivity contribution in [3.8, 4) is 0 Å². The standard InChI is InChI=1S/C7H5I3O2/c8-5-4(6(11)12)2-1-3-7(5,9)10/h1-3,5H,(H,11,12). The average molecular weight is 502 g/mol. The fraction of sp³-hybridized carbons (Fsp3) is 0.286. The van der Waals surface area contributed by atoms with Gasteiger partial charge in [0, 0.05) is 0 Å². The molecule has 0 aromatic carbocycles. The quantitative estimate of drug-likeness (QED) is 0.443. The van der Waals surface area contributed by atoms with E-state index in [4.69, 9.17) is 5.11 Å². The molecule has 0 spiro atoms. The molecule has 1 unspecified atom stereocenters. The van der Waals surface area contributed by atoms with Gasteiger partial charge in [0.1, 0.15) is 1.43 Å². The van der Waals surface area contributed by atoms with Crippen molar-refractivity contribution < 1.29 is 9.90 Å². The first-order valence-electron chi connectivity index (χ1n) is 3.10. The molecule has 0 amide bonds. The normalized spacial score (nSPS) is 26.6. The fourth-order valence-corrected chi connectivity index (χ4v) is 2.60. The zero-order valence-electron chi connectivity index (χ0n) is 5.80. The molecular formula is C7H5I3O2. The summed E-state index contributed by atoms with van der Waals surface area (Å²) in [6, 6.07) is 0. The summed E-state index contributed by atoms with van der Waals surface area (Å²) >= 11 is 6.67. The van der Waals surface area contributed by atoms with Crippen LogP contribution in [0.25, 0.3) is 0 Å². The Morgan fingerprint density at radius 3 is 2.58 bits per heavy atom. The van der Waals surface area contributed by atoms with Crippen molar-refractivity contribution >= 4 is 73.7 Å². The number of carboxylic acids is 1. The van der Waals surface area contributed by atoms with Gasteiger partial charge in [-0.1, -0.05) is 86.0 Å². The molecule has 0 aromatic rings. The van der Waals surface area contributed by atoms with Crippen LogP contribution in [0.5, 0.6) is 0 Å². The largest absolute Gasteiger partial charge is 0.478 e. The van der Waals surface area contributed by atoms with Crippen molar-refractivity contribution in [2.24, 2.45) is 0 Å². The van der Waals surface area contributed by atoms with E-state index in [9.17, 15) is 4.79 Å². The van der Waals surface area contributed by atoms with Gasteiger partial charge in [0.2, 0.25) is 0 Å². The number of aliphatic carboxylic acids is 1. The SMILES string of the molecule is O=C(O)C1=CC=CC(I)(I)C1I. The van der Waals surface area contributed by atoms with Gasteiger partial charge in [0.25, 0.3) is 0 Å². The molecule has 1 atom stereocenters. The van der Waals surface area contributed by atoms with Crippen LogP contribution in [0.15, 0.2) is 23.8 Å². The van der Waals surface area contributed by atoms with Crippen molar-refractivity contribution in [2.45, 2.75) is 5.35 Å². The van der Waals surface area contributed by atoms with Gasteiger partial charge in [-0.3, -0.25) is 0 Å². The van der Waals surface area contributed by atoms with E-state index in [1.54, 1.807) is 12.2 Å². The van der Waals surface area contributed by atoms with Gasteiger partial charge >= 0.3 is 5.97 Å². The monoisotopic (exact) mass is 502 g/mol. The molecule has 0 aliphatic heterocycles. The maximum Gasteiger partial charge on any atom is 0.332 e. The van der Waals surface area contributed by atoms with Gasteiger partial charge in [-0.2, -0.15) is 0 Å². The minimum absolute atomic E-state index is 0.0267. The molecule has 1 aliphatic carbocycles. The lowest BCUT2D eigenvalue weighted by Gasteiger charge is -2.26. The van der Waals surface area contributed by atoms with Crippen molar-refractivity contribution in [3.63, 3.8) is 0 Å². The number of rotatable bonds is 1. The molecular weight excluding hydrogens is 497 g/mol. The minimum Gasteiger partial charge on any atom is -0.478 e. The highest BCUT2D eigenvalue weighted by Gasteiger charge is 2.36. The molecule has 5 heteroatoms. The second-order valence-electron chi connectivity index (χ2n) is 2.32. The van der Waals surface area contributed by atoms with E-state index in [2.05, 4.69) is 67.8 Å². The smallest absolute Gasteiger partial charge is 0.332 e. The highest BCUT2D eigenvalue weighted by atomic mass is 127. The zero-order chi connectivity index (χ0) is 9.35. The van der Waals surface area contributed by atoms with Crippen LogP contribution >= 0.6 is 67.8 Å². The minimum atomic E-state index is -0.823. The molecule has 0 saturated carbocycles. The van der Waals surface area contributed by atoms with Gasteiger partial charge in [0.15, 0.2) is 0 Å². The molecule has 1 N–H and O–H groups in total. The lowest BCUT2D eigenvalue weighted by Crippen LogP contribution is -2.29. The molecule has 12 heavy (non-hydrogen) atoms. The van der Waals surface area contributed by atoms with E-state index in [0.29, 0.717) is 5.57 Å². The number of hydrogen-bond acceptors (Lipinski definition) is 1. The Bertz CT molecular complexity index is 268. The van der Waals surface area contributed by atoms with Gasteiger partial charge in [-0.15, -0.1) is 0 Å². The van der Waals surface area contributed by atoms with Gasteiger partial charge in [-0.05, 0) is 0 Å². The Kier molecular flexibility index (Phi) is 3.84. The van der Waals surface area contributed by atoms with E-state index in [-0.39, 0.29) is 5.35 Å². The second-order valence-corrected chi connectivity index (χ2v) is 9.20. The van der Waals surface area contributed by atoms with Crippen LogP contribution < -0.4 is 0 Å². The predicted molar refractivity (Wildman–Crippen MR) is 73.4 cm³/mol. The Balaban J connectivity index is 2.99. The summed E-state index contributed by atoms with van der Waals surface area (Å²) in [6.07, 6.45) is 5.48. The molecule has 0 saturated heterocycles. The summed E-state index contributed by atoms with van der Waals surface area (Å²) < 4.78 is -0.0859. The predicted octanol–water partition coefficient (Wildman–Crippen LogP) is 2.94. The third-order valence-corrected chi connectivity index (χ3v) is 7.45. The summed E-state index contributed by atoms with van der Waals surface area (Å²) in [7, 11) is 0. The van der Waals surface area contributed by atoms with Crippen LogP contribution in [0.3, 0.4) is 0 Å². The maximum atomic E-state index is 10.7. The topological polar surface area (TPSA) is 37.3 Å². The molecule has 2 nitrogen and oxygen atoms in total. The highest BCUT2D eigenvalue weighted by Crippen LogP contribution is 2.43. The maximum absolute atomic E-state index is 10.7. The summed E-state index contributed by atoms with van der Waals surface area (Å²) in [5, 5.41) is 8.83. The second kappa shape index (κ2) is 4.11. The Morgan fingerprint density at radius 1 is 1.58 bits per heavy atom. The molecule has 1 aliphatic rings. The van der Waals surface area contributed by atoms with Crippen LogP contribution in [-0.2, 0) is 4.79 Å². The number of hydrogen-bond donors (Lipinski definition) is 1. The van der Waals surface area contributed by atoms with E-state index < -0.39 is 5.97 Å². The zero-order valence-corrected chi connectivity index (χ0v) is 12.3. The van der Waals surface area contributed by atoms with Crippen LogP contribution in [0.2, 0.25) is 0 Å². The number of carboxylic acid groups (broad SMARTS) is 1. The molecule has 0 radical (unpaired) electrons. The summed E-state index contributed by atoms with van der Waals surface area (Å²) in [6.45, 7) is 0.